The molecule has 0 saturated carbocycles. The summed E-state index contributed by atoms with van der Waals surface area (Å²) >= 11 is 0. The number of ether oxygens (including phenoxy) is 1. The zero-order chi connectivity index (χ0) is 15.4. The molecule has 1 N–H and O–H groups in total. The van der Waals surface area contributed by atoms with Crippen LogP contribution in [0, 0.1) is 0 Å². The number of para-hydroxylation sites is 1. The van der Waals surface area contributed by atoms with Gasteiger partial charge in [-0.05, 0) is 52.2 Å². The molecule has 1 amide bonds. The van der Waals surface area contributed by atoms with E-state index >= 15 is 0 Å². The summed E-state index contributed by atoms with van der Waals surface area (Å²) in [6, 6.07) is 6.41. The quantitative estimate of drug-likeness (QED) is 0.906. The summed E-state index contributed by atoms with van der Waals surface area (Å²) in [5.41, 5.74) is 2.33. The number of fused-ring (bicyclic) bond motifs is 1. The number of rotatable bonds is 5. The highest BCUT2D eigenvalue weighted by molar-refractivity contribution is 5.78. The first-order valence-electron chi connectivity index (χ1n) is 7.80. The topological polar surface area (TPSA) is 41.6 Å². The molecule has 21 heavy (non-hydrogen) atoms. The number of nitrogens with zero attached hydrogens (tertiary/aromatic N) is 1. The highest BCUT2D eigenvalue weighted by Crippen LogP contribution is 2.32. The second kappa shape index (κ2) is 6.83. The minimum atomic E-state index is 0.0356. The standard InChI is InChI=1S/C17H26N2O2/c1-12(2)19(13(3)4)16(20)11-21-15-9-5-7-14-8-6-10-18-17(14)15/h5,7,9,12-13,18H,6,8,10-11H2,1-4H3. The molecular weight excluding hydrogens is 264 g/mol. The molecule has 1 aromatic carbocycles. The van der Waals surface area contributed by atoms with Crippen LogP contribution in [-0.4, -0.2) is 36.0 Å². The van der Waals surface area contributed by atoms with Crippen molar-refractivity contribution in [2.45, 2.75) is 52.6 Å². The molecule has 4 heteroatoms. The maximum absolute atomic E-state index is 12.3. The molecule has 4 nitrogen and oxygen atoms in total. The maximum Gasteiger partial charge on any atom is 0.260 e. The molecule has 0 radical (unpaired) electrons. The zero-order valence-electron chi connectivity index (χ0n) is 13.5. The van der Waals surface area contributed by atoms with Crippen molar-refractivity contribution in [1.82, 2.24) is 4.90 Å². The molecular formula is C17H26N2O2. The lowest BCUT2D eigenvalue weighted by Gasteiger charge is -2.31. The van der Waals surface area contributed by atoms with Gasteiger partial charge in [-0.3, -0.25) is 4.79 Å². The molecule has 0 fully saturated rings. The molecule has 0 unspecified atom stereocenters. The number of aryl methyl sites for hydroxylation is 1. The molecule has 0 spiro atoms. The minimum Gasteiger partial charge on any atom is -0.482 e. The van der Waals surface area contributed by atoms with E-state index < -0.39 is 0 Å². The van der Waals surface area contributed by atoms with Crippen LogP contribution in [0.25, 0.3) is 0 Å². The van der Waals surface area contributed by atoms with Crippen molar-refractivity contribution in [3.05, 3.63) is 23.8 Å². The van der Waals surface area contributed by atoms with Crippen molar-refractivity contribution in [2.24, 2.45) is 0 Å². The highest BCUT2D eigenvalue weighted by Gasteiger charge is 2.21. The normalized spacial score (nSPS) is 13.8. The smallest absolute Gasteiger partial charge is 0.260 e. The van der Waals surface area contributed by atoms with Crippen LogP contribution >= 0.6 is 0 Å². The van der Waals surface area contributed by atoms with Crippen LogP contribution < -0.4 is 10.1 Å². The van der Waals surface area contributed by atoms with Crippen molar-refractivity contribution in [3.63, 3.8) is 0 Å². The van der Waals surface area contributed by atoms with Gasteiger partial charge in [-0.1, -0.05) is 12.1 Å². The van der Waals surface area contributed by atoms with Gasteiger partial charge in [0, 0.05) is 18.6 Å². The molecule has 1 aliphatic rings. The Morgan fingerprint density at radius 3 is 2.67 bits per heavy atom. The average Bonchev–Trinajstić information content (AvgIpc) is 2.44. The van der Waals surface area contributed by atoms with E-state index in [1.807, 2.05) is 44.7 Å². The Hall–Kier alpha value is -1.71. The minimum absolute atomic E-state index is 0.0356. The van der Waals surface area contributed by atoms with E-state index in [-0.39, 0.29) is 24.6 Å². The Bertz CT molecular complexity index is 490. The average molecular weight is 290 g/mol. The second-order valence-corrected chi connectivity index (χ2v) is 6.10. The van der Waals surface area contributed by atoms with Gasteiger partial charge in [0.15, 0.2) is 6.61 Å². The number of hydrogen-bond acceptors (Lipinski definition) is 3. The molecule has 2 rings (SSSR count). The van der Waals surface area contributed by atoms with Gasteiger partial charge in [-0.15, -0.1) is 0 Å². The summed E-state index contributed by atoms with van der Waals surface area (Å²) in [5.74, 6) is 0.821. The van der Waals surface area contributed by atoms with Gasteiger partial charge >= 0.3 is 0 Å². The van der Waals surface area contributed by atoms with Crippen LogP contribution in [0.2, 0.25) is 0 Å². The van der Waals surface area contributed by atoms with Crippen LogP contribution in [-0.2, 0) is 11.2 Å². The third-order valence-electron chi connectivity index (χ3n) is 3.79. The van der Waals surface area contributed by atoms with Crippen molar-refractivity contribution in [2.75, 3.05) is 18.5 Å². The third kappa shape index (κ3) is 3.69. The Morgan fingerprint density at radius 2 is 2.00 bits per heavy atom. The Morgan fingerprint density at radius 1 is 1.29 bits per heavy atom. The van der Waals surface area contributed by atoms with E-state index in [0.717, 1.165) is 30.8 Å². The SMILES string of the molecule is CC(C)N(C(=O)COc1cccc2c1NCCC2)C(C)C. The monoisotopic (exact) mass is 290 g/mol. The lowest BCUT2D eigenvalue weighted by atomic mass is 10.0. The van der Waals surface area contributed by atoms with Gasteiger partial charge in [0.25, 0.3) is 5.91 Å². The molecule has 116 valence electrons. The zero-order valence-corrected chi connectivity index (χ0v) is 13.5. The van der Waals surface area contributed by atoms with Crippen molar-refractivity contribution >= 4 is 11.6 Å². The highest BCUT2D eigenvalue weighted by atomic mass is 16.5. The molecule has 0 bridgehead atoms. The van der Waals surface area contributed by atoms with Crippen molar-refractivity contribution in [1.29, 1.82) is 0 Å². The van der Waals surface area contributed by atoms with Crippen LogP contribution in [0.1, 0.15) is 39.7 Å². The van der Waals surface area contributed by atoms with E-state index in [0.29, 0.717) is 0 Å². The summed E-state index contributed by atoms with van der Waals surface area (Å²) in [4.78, 5) is 14.2. The number of hydrogen-bond donors (Lipinski definition) is 1. The van der Waals surface area contributed by atoms with Gasteiger partial charge in [0.1, 0.15) is 5.75 Å². The molecule has 0 atom stereocenters. The summed E-state index contributed by atoms with van der Waals surface area (Å²) < 4.78 is 5.79. The first-order valence-corrected chi connectivity index (χ1v) is 7.80. The lowest BCUT2D eigenvalue weighted by molar-refractivity contribution is -0.136. The Labute approximate surface area is 127 Å². The molecule has 0 aromatic heterocycles. The molecule has 1 heterocycles. The van der Waals surface area contributed by atoms with E-state index in [4.69, 9.17) is 4.74 Å². The van der Waals surface area contributed by atoms with Crippen LogP contribution in [0.15, 0.2) is 18.2 Å². The molecule has 0 saturated heterocycles. The Balaban J connectivity index is 2.04. The molecule has 1 aromatic rings. The molecule has 0 aliphatic carbocycles. The fraction of sp³-hybridized carbons (Fsp3) is 0.588. The van der Waals surface area contributed by atoms with Crippen LogP contribution in [0.4, 0.5) is 5.69 Å². The van der Waals surface area contributed by atoms with Gasteiger partial charge in [-0.2, -0.15) is 0 Å². The van der Waals surface area contributed by atoms with E-state index in [1.165, 1.54) is 5.56 Å². The van der Waals surface area contributed by atoms with E-state index in [9.17, 15) is 4.79 Å². The first kappa shape index (κ1) is 15.7. The fourth-order valence-corrected chi connectivity index (χ4v) is 2.98. The van der Waals surface area contributed by atoms with Crippen LogP contribution in [0.3, 0.4) is 0 Å². The predicted octanol–water partition coefficient (Wildman–Crippen LogP) is 3.07. The number of nitrogens with one attached hydrogen (secondary N) is 1. The van der Waals surface area contributed by atoms with Gasteiger partial charge < -0.3 is 15.0 Å². The van der Waals surface area contributed by atoms with Crippen molar-refractivity contribution < 1.29 is 9.53 Å². The second-order valence-electron chi connectivity index (χ2n) is 6.10. The molecule has 1 aliphatic heterocycles. The summed E-state index contributed by atoms with van der Waals surface area (Å²) in [7, 11) is 0. The number of amides is 1. The first-order chi connectivity index (χ1) is 10.0. The van der Waals surface area contributed by atoms with Gasteiger partial charge in [0.05, 0.1) is 5.69 Å². The number of anilines is 1. The number of carbonyl (C=O) groups is 1. The number of benzene rings is 1. The summed E-state index contributed by atoms with van der Waals surface area (Å²) in [6.45, 7) is 9.18. The summed E-state index contributed by atoms with van der Waals surface area (Å²) in [6.07, 6.45) is 2.21. The third-order valence-corrected chi connectivity index (χ3v) is 3.79. The maximum atomic E-state index is 12.3. The Kier molecular flexibility index (Phi) is 5.10. The largest absolute Gasteiger partial charge is 0.482 e. The number of carbonyl (C=O) groups excluding carboxylic acids is 1. The van der Waals surface area contributed by atoms with Crippen molar-refractivity contribution in [3.8, 4) is 5.75 Å². The predicted molar refractivity (Wildman–Crippen MR) is 85.9 cm³/mol. The van der Waals surface area contributed by atoms with Gasteiger partial charge in [0.2, 0.25) is 0 Å². The van der Waals surface area contributed by atoms with E-state index in [2.05, 4.69) is 11.4 Å². The lowest BCUT2D eigenvalue weighted by Crippen LogP contribution is -2.44. The summed E-state index contributed by atoms with van der Waals surface area (Å²) in [5, 5.41) is 3.38. The van der Waals surface area contributed by atoms with E-state index in [1.54, 1.807) is 0 Å². The van der Waals surface area contributed by atoms with Crippen LogP contribution in [0.5, 0.6) is 5.75 Å². The van der Waals surface area contributed by atoms with Gasteiger partial charge in [-0.25, -0.2) is 0 Å². The fourth-order valence-electron chi connectivity index (χ4n) is 2.98.